The van der Waals surface area contributed by atoms with Crippen molar-refractivity contribution >= 4 is 11.6 Å². The number of hydrogen-bond acceptors (Lipinski definition) is 4. The highest BCUT2D eigenvalue weighted by molar-refractivity contribution is 5.78. The summed E-state index contributed by atoms with van der Waals surface area (Å²) in [5, 5.41) is 0. The summed E-state index contributed by atoms with van der Waals surface area (Å²) in [6.45, 7) is 5.92. The van der Waals surface area contributed by atoms with Crippen LogP contribution in [0, 0.1) is 0 Å². The van der Waals surface area contributed by atoms with Gasteiger partial charge in [-0.15, -0.1) is 0 Å². The number of piperidine rings is 1. The first-order valence-corrected chi connectivity index (χ1v) is 10.5. The Morgan fingerprint density at radius 2 is 1.70 bits per heavy atom. The Hall–Kier alpha value is -1.59. The molecule has 1 atom stereocenters. The molecule has 0 aliphatic carbocycles. The van der Waals surface area contributed by atoms with E-state index in [-0.39, 0.29) is 5.91 Å². The Labute approximate surface area is 164 Å². The van der Waals surface area contributed by atoms with Gasteiger partial charge in [-0.05, 0) is 63.0 Å². The highest BCUT2D eigenvalue weighted by atomic mass is 16.2. The summed E-state index contributed by atoms with van der Waals surface area (Å²) in [5.74, 6) is 0.234. The van der Waals surface area contributed by atoms with E-state index in [1.807, 2.05) is 26.0 Å². The van der Waals surface area contributed by atoms with Gasteiger partial charge < -0.3 is 14.7 Å². The monoisotopic (exact) mass is 372 g/mol. The number of anilines is 1. The minimum absolute atomic E-state index is 0.234. The number of likely N-dealkylation sites (tertiary alicyclic amines) is 2. The molecule has 0 spiro atoms. The Kier molecular flexibility index (Phi) is 7.13. The van der Waals surface area contributed by atoms with Crippen molar-refractivity contribution in [2.24, 2.45) is 0 Å². The summed E-state index contributed by atoms with van der Waals surface area (Å²) in [6.07, 6.45) is 6.51. The summed E-state index contributed by atoms with van der Waals surface area (Å²) in [5.41, 5.74) is 2.37. The van der Waals surface area contributed by atoms with E-state index in [1.165, 1.54) is 56.4 Å². The second-order valence-corrected chi connectivity index (χ2v) is 8.44. The zero-order chi connectivity index (χ0) is 19.2. The van der Waals surface area contributed by atoms with Crippen LogP contribution in [-0.2, 0) is 11.3 Å². The van der Waals surface area contributed by atoms with Gasteiger partial charge in [0.25, 0.3) is 0 Å². The van der Waals surface area contributed by atoms with Gasteiger partial charge in [-0.25, -0.2) is 0 Å². The number of carbonyl (C=O) groups excluding carboxylic acids is 1. The third-order valence-electron chi connectivity index (χ3n) is 6.05. The molecule has 0 N–H and O–H groups in total. The molecule has 5 nitrogen and oxygen atoms in total. The molecule has 0 aromatic heterocycles. The lowest BCUT2D eigenvalue weighted by Crippen LogP contribution is -2.46. The summed E-state index contributed by atoms with van der Waals surface area (Å²) < 4.78 is 0. The second kappa shape index (κ2) is 9.56. The first-order chi connectivity index (χ1) is 13.0. The number of benzene rings is 1. The summed E-state index contributed by atoms with van der Waals surface area (Å²) in [6, 6.07) is 9.02. The molecule has 5 heteroatoms. The van der Waals surface area contributed by atoms with Crippen molar-refractivity contribution in [1.29, 1.82) is 0 Å². The second-order valence-electron chi connectivity index (χ2n) is 8.44. The van der Waals surface area contributed by atoms with Crippen LogP contribution in [0.1, 0.15) is 37.7 Å². The van der Waals surface area contributed by atoms with E-state index in [0.717, 1.165) is 13.1 Å². The molecule has 2 aliphatic heterocycles. The number of amides is 1. The van der Waals surface area contributed by atoms with Crippen LogP contribution in [0.4, 0.5) is 5.69 Å². The van der Waals surface area contributed by atoms with E-state index < -0.39 is 0 Å². The molecule has 2 aliphatic rings. The van der Waals surface area contributed by atoms with E-state index in [4.69, 9.17) is 0 Å². The van der Waals surface area contributed by atoms with Crippen molar-refractivity contribution in [3.8, 4) is 0 Å². The molecule has 0 saturated carbocycles. The lowest BCUT2D eigenvalue weighted by atomic mass is 10.1. The van der Waals surface area contributed by atoms with Crippen molar-refractivity contribution in [3.63, 3.8) is 0 Å². The Balaban J connectivity index is 1.49. The van der Waals surface area contributed by atoms with Crippen LogP contribution in [0.3, 0.4) is 0 Å². The lowest BCUT2D eigenvalue weighted by molar-refractivity contribution is -0.132. The minimum atomic E-state index is 0.234. The molecule has 2 fully saturated rings. The fourth-order valence-corrected chi connectivity index (χ4v) is 4.31. The molecule has 1 aromatic carbocycles. The smallest absolute Gasteiger partial charge is 0.236 e. The normalized spacial score (nSPS) is 21.4. The van der Waals surface area contributed by atoms with Crippen LogP contribution in [0.25, 0.3) is 0 Å². The molecule has 150 valence electrons. The van der Waals surface area contributed by atoms with Gasteiger partial charge in [0.15, 0.2) is 0 Å². The van der Waals surface area contributed by atoms with E-state index in [9.17, 15) is 4.79 Å². The van der Waals surface area contributed by atoms with E-state index in [1.54, 1.807) is 0 Å². The van der Waals surface area contributed by atoms with Crippen LogP contribution in [0.15, 0.2) is 24.3 Å². The van der Waals surface area contributed by atoms with Gasteiger partial charge in [0.2, 0.25) is 5.91 Å². The number of likely N-dealkylation sites (N-methyl/N-ethyl adjacent to an activating group) is 1. The van der Waals surface area contributed by atoms with Crippen LogP contribution in [0.5, 0.6) is 0 Å². The highest BCUT2D eigenvalue weighted by Crippen LogP contribution is 2.20. The third kappa shape index (κ3) is 5.69. The summed E-state index contributed by atoms with van der Waals surface area (Å²) in [4.78, 5) is 21.8. The van der Waals surface area contributed by atoms with Crippen molar-refractivity contribution in [2.45, 2.75) is 44.7 Å². The molecule has 1 amide bonds. The molecular weight excluding hydrogens is 336 g/mol. The zero-order valence-electron chi connectivity index (χ0n) is 17.4. The van der Waals surface area contributed by atoms with Crippen molar-refractivity contribution in [3.05, 3.63) is 29.8 Å². The predicted molar refractivity (Wildman–Crippen MR) is 112 cm³/mol. The largest absolute Gasteiger partial charge is 0.378 e. The first-order valence-electron chi connectivity index (χ1n) is 10.5. The Bertz CT molecular complexity index is 595. The Morgan fingerprint density at radius 1 is 1.00 bits per heavy atom. The van der Waals surface area contributed by atoms with Crippen molar-refractivity contribution < 1.29 is 4.79 Å². The highest BCUT2D eigenvalue weighted by Gasteiger charge is 2.29. The average molecular weight is 373 g/mol. The molecule has 1 unspecified atom stereocenters. The molecule has 0 radical (unpaired) electrons. The van der Waals surface area contributed by atoms with Crippen LogP contribution >= 0.6 is 0 Å². The quantitative estimate of drug-likeness (QED) is 0.736. The molecule has 2 saturated heterocycles. The van der Waals surface area contributed by atoms with Gasteiger partial charge in [0.05, 0.1) is 6.54 Å². The number of rotatable bonds is 7. The molecule has 2 heterocycles. The van der Waals surface area contributed by atoms with Crippen molar-refractivity contribution in [1.82, 2.24) is 14.7 Å². The standard InChI is InChI=1S/C22H36N4O/c1-23(2)20-11-9-19(10-12-20)16-24(3)22(27)18-26-15-7-8-21(26)17-25-13-5-4-6-14-25/h9-12,21H,4-8,13-18H2,1-3H3. The molecular formula is C22H36N4O. The topological polar surface area (TPSA) is 30.0 Å². The van der Waals surface area contributed by atoms with Gasteiger partial charge in [0, 0.05) is 46.0 Å². The molecule has 1 aromatic rings. The zero-order valence-corrected chi connectivity index (χ0v) is 17.4. The Morgan fingerprint density at radius 3 is 2.37 bits per heavy atom. The third-order valence-corrected chi connectivity index (χ3v) is 6.05. The number of hydrogen-bond donors (Lipinski definition) is 0. The number of carbonyl (C=O) groups is 1. The van der Waals surface area contributed by atoms with Gasteiger partial charge in [-0.1, -0.05) is 18.6 Å². The molecule has 3 rings (SSSR count). The predicted octanol–water partition coefficient (Wildman–Crippen LogP) is 2.66. The maximum Gasteiger partial charge on any atom is 0.236 e. The maximum absolute atomic E-state index is 12.8. The molecule has 0 bridgehead atoms. The van der Waals surface area contributed by atoms with Gasteiger partial charge in [0.1, 0.15) is 0 Å². The molecule has 27 heavy (non-hydrogen) atoms. The summed E-state index contributed by atoms with van der Waals surface area (Å²) >= 11 is 0. The number of nitrogens with zero attached hydrogens (tertiary/aromatic N) is 4. The van der Waals surface area contributed by atoms with Gasteiger partial charge in [-0.2, -0.15) is 0 Å². The first kappa shape index (κ1) is 20.2. The minimum Gasteiger partial charge on any atom is -0.378 e. The maximum atomic E-state index is 12.8. The average Bonchev–Trinajstić information content (AvgIpc) is 3.09. The lowest BCUT2D eigenvalue weighted by Gasteiger charge is -2.33. The fraction of sp³-hybridized carbons (Fsp3) is 0.682. The van der Waals surface area contributed by atoms with Gasteiger partial charge in [-0.3, -0.25) is 9.69 Å². The van der Waals surface area contributed by atoms with E-state index in [0.29, 0.717) is 19.1 Å². The SMILES string of the molecule is CN(Cc1ccc(N(C)C)cc1)C(=O)CN1CCCC1CN1CCCCC1. The van der Waals surface area contributed by atoms with Crippen LogP contribution < -0.4 is 4.90 Å². The van der Waals surface area contributed by atoms with Crippen LogP contribution in [-0.4, -0.2) is 80.5 Å². The van der Waals surface area contributed by atoms with Crippen molar-refractivity contribution in [2.75, 3.05) is 58.8 Å². The van der Waals surface area contributed by atoms with E-state index >= 15 is 0 Å². The summed E-state index contributed by atoms with van der Waals surface area (Å²) in [7, 11) is 6.01. The fourth-order valence-electron chi connectivity index (χ4n) is 4.31. The van der Waals surface area contributed by atoms with E-state index in [2.05, 4.69) is 39.0 Å². The van der Waals surface area contributed by atoms with Gasteiger partial charge >= 0.3 is 0 Å². The van der Waals surface area contributed by atoms with Crippen LogP contribution in [0.2, 0.25) is 0 Å².